The molecule has 0 bridgehead atoms. The third-order valence-corrected chi connectivity index (χ3v) is 5.53. The Morgan fingerprint density at radius 1 is 1.42 bits per heavy atom. The van der Waals surface area contributed by atoms with E-state index in [1.54, 1.807) is 6.07 Å². The summed E-state index contributed by atoms with van der Waals surface area (Å²) in [6.45, 7) is -0.0537. The number of rotatable bonds is 1. The van der Waals surface area contributed by atoms with Gasteiger partial charge in [0.15, 0.2) is 0 Å². The summed E-state index contributed by atoms with van der Waals surface area (Å²) in [5.74, 6) is -1.54. The molecule has 10 heteroatoms. The molecule has 2 aromatic rings. The van der Waals surface area contributed by atoms with Gasteiger partial charge in [0.1, 0.15) is 23.6 Å². The number of aromatic nitrogens is 2. The SMILES string of the molecule is C#C[C@@H]1Cc2nn3c(c2CN1C(=O)Nc1ccc(F)c(C#N)c1)C(F)(F)C[C@H](O)CC3. The topological polar surface area (TPSA) is 94.2 Å². The van der Waals surface area contributed by atoms with Crippen LogP contribution in [0.1, 0.15) is 35.4 Å². The minimum atomic E-state index is -3.31. The Kier molecular flexibility index (Phi) is 5.11. The predicted molar refractivity (Wildman–Crippen MR) is 103 cm³/mol. The molecule has 0 spiro atoms. The van der Waals surface area contributed by atoms with Crippen molar-refractivity contribution in [1.29, 1.82) is 5.26 Å². The number of aliphatic hydroxyl groups excluding tert-OH is 1. The van der Waals surface area contributed by atoms with Crippen molar-refractivity contribution in [2.75, 3.05) is 5.32 Å². The number of aliphatic hydroxyl groups is 1. The maximum Gasteiger partial charge on any atom is 0.323 e. The van der Waals surface area contributed by atoms with E-state index in [0.29, 0.717) is 5.69 Å². The Balaban J connectivity index is 1.65. The zero-order valence-corrected chi connectivity index (χ0v) is 16.3. The number of urea groups is 1. The average molecular weight is 429 g/mol. The van der Waals surface area contributed by atoms with E-state index in [4.69, 9.17) is 11.7 Å². The molecule has 0 radical (unpaired) electrons. The summed E-state index contributed by atoms with van der Waals surface area (Å²) in [7, 11) is 0. The smallest absolute Gasteiger partial charge is 0.323 e. The Morgan fingerprint density at radius 3 is 2.90 bits per heavy atom. The highest BCUT2D eigenvalue weighted by Crippen LogP contribution is 2.41. The van der Waals surface area contributed by atoms with Crippen LogP contribution in [0.3, 0.4) is 0 Å². The molecule has 2 aliphatic heterocycles. The van der Waals surface area contributed by atoms with Gasteiger partial charge in [0.25, 0.3) is 5.92 Å². The highest BCUT2D eigenvalue weighted by Gasteiger charge is 2.45. The van der Waals surface area contributed by atoms with E-state index in [9.17, 15) is 23.1 Å². The maximum atomic E-state index is 14.9. The second-order valence-electron chi connectivity index (χ2n) is 7.60. The number of nitrogens with zero attached hydrogens (tertiary/aromatic N) is 4. The van der Waals surface area contributed by atoms with Crippen LogP contribution in [0.25, 0.3) is 0 Å². The first-order valence-corrected chi connectivity index (χ1v) is 9.62. The van der Waals surface area contributed by atoms with Crippen LogP contribution in [0.15, 0.2) is 18.2 Å². The van der Waals surface area contributed by atoms with Crippen LogP contribution in [0.5, 0.6) is 0 Å². The number of benzene rings is 1. The number of anilines is 1. The lowest BCUT2D eigenvalue weighted by Crippen LogP contribution is -2.46. The fraction of sp³-hybridized carbons (Fsp3) is 0.381. The molecule has 1 aromatic heterocycles. The first kappa shape index (κ1) is 20.8. The molecule has 4 rings (SSSR count). The monoisotopic (exact) mass is 429 g/mol. The summed E-state index contributed by atoms with van der Waals surface area (Å²) in [6.07, 6.45) is 3.97. The van der Waals surface area contributed by atoms with E-state index in [0.717, 1.165) is 6.07 Å². The van der Waals surface area contributed by atoms with Crippen molar-refractivity contribution in [3.63, 3.8) is 0 Å². The normalized spacial score (nSPS) is 21.8. The van der Waals surface area contributed by atoms with E-state index in [1.807, 2.05) is 0 Å². The summed E-state index contributed by atoms with van der Waals surface area (Å²) in [5.41, 5.74) is 0.254. The second kappa shape index (κ2) is 7.64. The molecule has 1 aromatic carbocycles. The number of carbonyl (C=O) groups excluding carboxylic acids is 1. The molecule has 0 saturated carbocycles. The molecule has 0 fully saturated rings. The van der Waals surface area contributed by atoms with Crippen molar-refractivity contribution >= 4 is 11.7 Å². The lowest BCUT2D eigenvalue weighted by atomic mass is 9.96. The van der Waals surface area contributed by atoms with Gasteiger partial charge in [0.05, 0.1) is 23.9 Å². The van der Waals surface area contributed by atoms with Gasteiger partial charge in [-0.2, -0.15) is 19.1 Å². The highest BCUT2D eigenvalue weighted by molar-refractivity contribution is 5.90. The van der Waals surface area contributed by atoms with Gasteiger partial charge in [-0.25, -0.2) is 9.18 Å². The molecular formula is C21H18F3N5O2. The Hall–Kier alpha value is -3.50. The third kappa shape index (κ3) is 3.71. The van der Waals surface area contributed by atoms with Gasteiger partial charge in [0, 0.05) is 30.6 Å². The fourth-order valence-corrected chi connectivity index (χ4v) is 4.04. The van der Waals surface area contributed by atoms with E-state index in [-0.39, 0.29) is 48.4 Å². The minimum Gasteiger partial charge on any atom is -0.393 e. The molecule has 2 N–H and O–H groups in total. The molecule has 3 heterocycles. The number of aryl methyl sites for hydroxylation is 1. The highest BCUT2D eigenvalue weighted by atomic mass is 19.3. The van der Waals surface area contributed by atoms with Gasteiger partial charge in [0.2, 0.25) is 0 Å². The molecule has 7 nitrogen and oxygen atoms in total. The number of fused-ring (bicyclic) bond motifs is 3. The van der Waals surface area contributed by atoms with Crippen LogP contribution >= 0.6 is 0 Å². The van der Waals surface area contributed by atoms with E-state index >= 15 is 0 Å². The van der Waals surface area contributed by atoms with Gasteiger partial charge in [-0.3, -0.25) is 4.68 Å². The van der Waals surface area contributed by atoms with E-state index in [2.05, 4.69) is 16.3 Å². The van der Waals surface area contributed by atoms with Gasteiger partial charge in [-0.05, 0) is 24.6 Å². The van der Waals surface area contributed by atoms with Gasteiger partial charge in [-0.15, -0.1) is 6.42 Å². The summed E-state index contributed by atoms with van der Waals surface area (Å²) in [4.78, 5) is 14.1. The molecule has 160 valence electrons. The first-order valence-electron chi connectivity index (χ1n) is 9.62. The lowest BCUT2D eigenvalue weighted by molar-refractivity contribution is -0.0508. The van der Waals surface area contributed by atoms with Crippen LogP contribution in [-0.4, -0.2) is 38.0 Å². The summed E-state index contributed by atoms with van der Waals surface area (Å²) >= 11 is 0. The average Bonchev–Trinajstić information content (AvgIpc) is 3.05. The Morgan fingerprint density at radius 2 is 2.19 bits per heavy atom. The Labute approximate surface area is 176 Å². The van der Waals surface area contributed by atoms with Crippen LogP contribution in [0.2, 0.25) is 0 Å². The van der Waals surface area contributed by atoms with Crippen molar-refractivity contribution in [2.45, 2.75) is 50.4 Å². The van der Waals surface area contributed by atoms with Crippen LogP contribution in [0.4, 0.5) is 23.7 Å². The number of amides is 2. The van der Waals surface area contributed by atoms with E-state index < -0.39 is 36.3 Å². The van der Waals surface area contributed by atoms with Crippen molar-refractivity contribution in [1.82, 2.24) is 14.7 Å². The van der Waals surface area contributed by atoms with Crippen LogP contribution in [-0.2, 0) is 25.4 Å². The number of hydrogen-bond donors (Lipinski definition) is 2. The summed E-state index contributed by atoms with van der Waals surface area (Å²) < 4.78 is 44.5. The number of nitrogens with one attached hydrogen (secondary N) is 1. The number of alkyl halides is 2. The number of hydrogen-bond acceptors (Lipinski definition) is 4. The van der Waals surface area contributed by atoms with Crippen molar-refractivity contribution in [3.8, 4) is 18.4 Å². The second-order valence-corrected chi connectivity index (χ2v) is 7.60. The lowest BCUT2D eigenvalue weighted by Gasteiger charge is -2.33. The van der Waals surface area contributed by atoms with Crippen LogP contribution < -0.4 is 5.32 Å². The molecule has 2 aliphatic rings. The van der Waals surface area contributed by atoms with Crippen LogP contribution in [0, 0.1) is 29.5 Å². The number of terminal acetylenes is 1. The fourth-order valence-electron chi connectivity index (χ4n) is 4.04. The third-order valence-electron chi connectivity index (χ3n) is 5.53. The predicted octanol–water partition coefficient (Wildman–Crippen LogP) is 2.73. The van der Waals surface area contributed by atoms with E-state index in [1.165, 1.54) is 21.7 Å². The number of nitriles is 1. The van der Waals surface area contributed by atoms with Crippen molar-refractivity contribution in [3.05, 3.63) is 46.5 Å². The molecular weight excluding hydrogens is 411 g/mol. The number of carbonyl (C=O) groups is 1. The quantitative estimate of drug-likeness (QED) is 0.682. The Bertz CT molecular complexity index is 1130. The maximum absolute atomic E-state index is 14.9. The van der Waals surface area contributed by atoms with Crippen molar-refractivity contribution < 1.29 is 23.1 Å². The van der Waals surface area contributed by atoms with Crippen molar-refractivity contribution in [2.24, 2.45) is 0 Å². The minimum absolute atomic E-state index is 0.102. The molecule has 0 aliphatic carbocycles. The first-order chi connectivity index (χ1) is 14.7. The summed E-state index contributed by atoms with van der Waals surface area (Å²) in [6, 6.07) is 3.81. The van der Waals surface area contributed by atoms with Gasteiger partial charge >= 0.3 is 6.03 Å². The number of halogens is 3. The molecule has 2 amide bonds. The zero-order valence-electron chi connectivity index (χ0n) is 16.3. The molecule has 0 unspecified atom stereocenters. The zero-order chi connectivity index (χ0) is 22.3. The largest absolute Gasteiger partial charge is 0.393 e. The summed E-state index contributed by atoms with van der Waals surface area (Å²) in [5, 5.41) is 25.6. The van der Waals surface area contributed by atoms with Gasteiger partial charge < -0.3 is 15.3 Å². The standard InChI is InChI=1S/C21H18F3N5O2/c1-2-14-8-18-16(19-21(23,24)9-15(30)5-6-29(19)27-18)11-28(14)20(31)26-13-3-4-17(22)12(7-13)10-25/h1,3-4,7,14-15,30H,5-6,8-9,11H2,(H,26,31)/t14-,15-/m1/s1. The van der Waals surface area contributed by atoms with Gasteiger partial charge in [-0.1, -0.05) is 5.92 Å². The molecule has 0 saturated heterocycles. The molecule has 31 heavy (non-hydrogen) atoms. The molecule has 2 atom stereocenters.